The van der Waals surface area contributed by atoms with Crippen molar-refractivity contribution in [3.05, 3.63) is 11.4 Å². The molecule has 1 saturated heterocycles. The maximum absolute atomic E-state index is 12.3. The number of aliphatic imine (C=N–C) groups is 1. The summed E-state index contributed by atoms with van der Waals surface area (Å²) in [6.45, 7) is 3.50. The standard InChI is InChI=1S/C12H17F3N4O/c1-7(18-8-2-4-17-5-3-8)10-11(16)20-9(19-10)6-12(13,14)15/h8,16-18H,2-6H2,1H3/b10-7-,16-11?. The first-order valence-electron chi connectivity index (χ1n) is 6.44. The second-order valence-corrected chi connectivity index (χ2v) is 4.87. The summed E-state index contributed by atoms with van der Waals surface area (Å²) >= 11 is 0. The fraction of sp³-hybridized carbons (Fsp3) is 0.667. The maximum Gasteiger partial charge on any atom is 0.397 e. The Kier molecular flexibility index (Phi) is 4.32. The van der Waals surface area contributed by atoms with Gasteiger partial charge in [0.1, 0.15) is 12.1 Å². The number of hydrogen-bond donors (Lipinski definition) is 3. The van der Waals surface area contributed by atoms with Crippen molar-refractivity contribution in [2.45, 2.75) is 38.4 Å². The van der Waals surface area contributed by atoms with Crippen molar-refractivity contribution in [3.8, 4) is 0 Å². The van der Waals surface area contributed by atoms with Crippen LogP contribution in [-0.4, -0.2) is 37.1 Å². The second kappa shape index (κ2) is 5.82. The van der Waals surface area contributed by atoms with Crippen molar-refractivity contribution < 1.29 is 17.9 Å². The highest BCUT2D eigenvalue weighted by molar-refractivity contribution is 6.06. The fourth-order valence-electron chi connectivity index (χ4n) is 2.21. The van der Waals surface area contributed by atoms with Gasteiger partial charge in [-0.1, -0.05) is 0 Å². The van der Waals surface area contributed by atoms with Crippen molar-refractivity contribution in [1.29, 1.82) is 5.41 Å². The molecule has 0 aromatic carbocycles. The molecule has 0 unspecified atom stereocenters. The van der Waals surface area contributed by atoms with Crippen molar-refractivity contribution in [3.63, 3.8) is 0 Å². The SMILES string of the molecule is C/C(NC1CCNCC1)=C1/N=C(CC(F)(F)F)OC1=N. The molecule has 0 spiro atoms. The van der Waals surface area contributed by atoms with Gasteiger partial charge in [-0.15, -0.1) is 0 Å². The van der Waals surface area contributed by atoms with Gasteiger partial charge in [-0.2, -0.15) is 13.2 Å². The second-order valence-electron chi connectivity index (χ2n) is 4.87. The number of nitrogens with one attached hydrogen (secondary N) is 3. The van der Waals surface area contributed by atoms with Crippen molar-refractivity contribution >= 4 is 11.8 Å². The van der Waals surface area contributed by atoms with Gasteiger partial charge in [0.25, 0.3) is 0 Å². The minimum absolute atomic E-state index is 0.155. The number of hydrogen-bond acceptors (Lipinski definition) is 5. The summed E-state index contributed by atoms with van der Waals surface area (Å²) in [5.74, 6) is -0.799. The number of ether oxygens (including phenoxy) is 1. The Labute approximate surface area is 114 Å². The number of nitrogens with zero attached hydrogens (tertiary/aromatic N) is 1. The first-order valence-corrected chi connectivity index (χ1v) is 6.44. The molecule has 2 aliphatic heterocycles. The molecule has 20 heavy (non-hydrogen) atoms. The van der Waals surface area contributed by atoms with E-state index in [4.69, 9.17) is 10.1 Å². The molecule has 0 aromatic heterocycles. The third-order valence-corrected chi connectivity index (χ3v) is 3.14. The quantitative estimate of drug-likeness (QED) is 0.743. The number of alkyl halides is 3. The summed E-state index contributed by atoms with van der Waals surface area (Å²) < 4.78 is 41.6. The molecule has 0 atom stereocenters. The van der Waals surface area contributed by atoms with Crippen LogP contribution in [-0.2, 0) is 4.74 Å². The van der Waals surface area contributed by atoms with Crippen LogP contribution in [0.5, 0.6) is 0 Å². The van der Waals surface area contributed by atoms with Gasteiger partial charge in [-0.05, 0) is 32.9 Å². The molecule has 0 radical (unpaired) electrons. The van der Waals surface area contributed by atoms with E-state index in [9.17, 15) is 13.2 Å². The van der Waals surface area contributed by atoms with Gasteiger partial charge in [0.05, 0.1) is 0 Å². The Morgan fingerprint density at radius 2 is 2.10 bits per heavy atom. The van der Waals surface area contributed by atoms with E-state index < -0.39 is 18.5 Å². The van der Waals surface area contributed by atoms with Crippen LogP contribution in [0.3, 0.4) is 0 Å². The van der Waals surface area contributed by atoms with Gasteiger partial charge in [-0.3, -0.25) is 5.41 Å². The van der Waals surface area contributed by atoms with E-state index in [0.717, 1.165) is 25.9 Å². The minimum atomic E-state index is -4.38. The van der Waals surface area contributed by atoms with E-state index in [-0.39, 0.29) is 17.6 Å². The van der Waals surface area contributed by atoms with Gasteiger partial charge in [-0.25, -0.2) is 4.99 Å². The van der Waals surface area contributed by atoms with E-state index in [2.05, 4.69) is 15.6 Å². The topological polar surface area (TPSA) is 69.5 Å². The summed E-state index contributed by atoms with van der Waals surface area (Å²) in [6.07, 6.45) is -3.78. The third-order valence-electron chi connectivity index (χ3n) is 3.14. The Morgan fingerprint density at radius 1 is 1.45 bits per heavy atom. The first kappa shape index (κ1) is 14.8. The summed E-state index contributed by atoms with van der Waals surface area (Å²) in [5, 5.41) is 14.0. The lowest BCUT2D eigenvalue weighted by Gasteiger charge is -2.25. The van der Waals surface area contributed by atoms with Crippen LogP contribution in [0.15, 0.2) is 16.4 Å². The lowest BCUT2D eigenvalue weighted by atomic mass is 10.1. The molecule has 0 aromatic rings. The highest BCUT2D eigenvalue weighted by Crippen LogP contribution is 2.25. The molecule has 8 heteroatoms. The molecule has 0 amide bonds. The molecule has 2 aliphatic rings. The molecule has 112 valence electrons. The minimum Gasteiger partial charge on any atom is -0.422 e. The first-order chi connectivity index (χ1) is 9.35. The van der Waals surface area contributed by atoms with Gasteiger partial charge < -0.3 is 15.4 Å². The summed E-state index contributed by atoms with van der Waals surface area (Å²) in [7, 11) is 0. The maximum atomic E-state index is 12.3. The van der Waals surface area contributed by atoms with Crippen LogP contribution in [0.2, 0.25) is 0 Å². The van der Waals surface area contributed by atoms with E-state index in [0.29, 0.717) is 5.70 Å². The number of rotatable bonds is 3. The van der Waals surface area contributed by atoms with Gasteiger partial charge in [0.15, 0.2) is 0 Å². The molecule has 2 rings (SSSR count). The zero-order valence-electron chi connectivity index (χ0n) is 11.1. The number of allylic oxidation sites excluding steroid dienone is 1. The molecule has 0 saturated carbocycles. The predicted molar refractivity (Wildman–Crippen MR) is 68.6 cm³/mol. The molecular weight excluding hydrogens is 273 g/mol. The van der Waals surface area contributed by atoms with Crippen LogP contribution in [0.1, 0.15) is 26.2 Å². The average molecular weight is 290 g/mol. The third kappa shape index (κ3) is 3.96. The monoisotopic (exact) mass is 290 g/mol. The van der Waals surface area contributed by atoms with Crippen LogP contribution in [0.4, 0.5) is 13.2 Å². The van der Waals surface area contributed by atoms with Crippen molar-refractivity contribution in [2.75, 3.05) is 13.1 Å². The highest BCUT2D eigenvalue weighted by Gasteiger charge is 2.35. The Bertz CT molecular complexity index is 450. The average Bonchev–Trinajstić information content (AvgIpc) is 2.69. The van der Waals surface area contributed by atoms with E-state index in [1.807, 2.05) is 0 Å². The Hall–Kier alpha value is -1.57. The Balaban J connectivity index is 2.05. The summed E-state index contributed by atoms with van der Waals surface area (Å²) in [6, 6.07) is 0.249. The van der Waals surface area contributed by atoms with E-state index in [1.54, 1.807) is 6.92 Å². The van der Waals surface area contributed by atoms with Crippen LogP contribution < -0.4 is 10.6 Å². The highest BCUT2D eigenvalue weighted by atomic mass is 19.4. The zero-order valence-corrected chi connectivity index (χ0v) is 11.1. The molecule has 0 aliphatic carbocycles. The number of piperidine rings is 1. The molecule has 3 N–H and O–H groups in total. The van der Waals surface area contributed by atoms with Gasteiger partial charge in [0, 0.05) is 11.7 Å². The molecule has 5 nitrogen and oxygen atoms in total. The zero-order chi connectivity index (χ0) is 14.8. The van der Waals surface area contributed by atoms with Crippen LogP contribution >= 0.6 is 0 Å². The molecule has 0 bridgehead atoms. The smallest absolute Gasteiger partial charge is 0.397 e. The summed E-state index contributed by atoms with van der Waals surface area (Å²) in [4.78, 5) is 3.77. The van der Waals surface area contributed by atoms with E-state index in [1.165, 1.54) is 0 Å². The van der Waals surface area contributed by atoms with Crippen LogP contribution in [0, 0.1) is 5.41 Å². The molecule has 1 fully saturated rings. The molecular formula is C12H17F3N4O. The van der Waals surface area contributed by atoms with Gasteiger partial charge in [0.2, 0.25) is 11.8 Å². The predicted octanol–water partition coefficient (Wildman–Crippen LogP) is 1.92. The van der Waals surface area contributed by atoms with Crippen molar-refractivity contribution in [1.82, 2.24) is 10.6 Å². The molecule has 2 heterocycles. The number of halogens is 3. The van der Waals surface area contributed by atoms with Crippen LogP contribution in [0.25, 0.3) is 0 Å². The Morgan fingerprint density at radius 3 is 2.70 bits per heavy atom. The lowest BCUT2D eigenvalue weighted by molar-refractivity contribution is -0.123. The van der Waals surface area contributed by atoms with Crippen molar-refractivity contribution in [2.24, 2.45) is 4.99 Å². The fourth-order valence-corrected chi connectivity index (χ4v) is 2.21. The largest absolute Gasteiger partial charge is 0.422 e. The lowest BCUT2D eigenvalue weighted by Crippen LogP contribution is -2.39. The van der Waals surface area contributed by atoms with Gasteiger partial charge >= 0.3 is 6.18 Å². The van der Waals surface area contributed by atoms with E-state index >= 15 is 0 Å². The summed E-state index contributed by atoms with van der Waals surface area (Å²) in [5.41, 5.74) is 0.738. The normalized spacial score (nSPS) is 23.4.